The van der Waals surface area contributed by atoms with Crippen LogP contribution >= 0.6 is 0 Å². The Morgan fingerprint density at radius 1 is 1.33 bits per heavy atom. The number of aryl methyl sites for hydroxylation is 1. The van der Waals surface area contributed by atoms with Gasteiger partial charge in [-0.1, -0.05) is 12.1 Å². The Bertz CT molecular complexity index is 804. The van der Waals surface area contributed by atoms with Crippen molar-refractivity contribution in [2.24, 2.45) is 17.6 Å². The van der Waals surface area contributed by atoms with E-state index in [0.717, 1.165) is 0 Å². The number of likely N-dealkylation sites (tertiary alicyclic amines) is 1. The number of halogens is 1. The van der Waals surface area contributed by atoms with E-state index in [2.05, 4.69) is 10.3 Å². The van der Waals surface area contributed by atoms with Crippen molar-refractivity contribution in [2.45, 2.75) is 13.8 Å². The first kappa shape index (κ1) is 16.1. The molecule has 2 atom stereocenters. The van der Waals surface area contributed by atoms with Gasteiger partial charge in [0.15, 0.2) is 5.69 Å². The largest absolute Gasteiger partial charge is 0.369 e. The molecular formula is C16H18FN5O2. The second kappa shape index (κ2) is 6.03. The van der Waals surface area contributed by atoms with Crippen LogP contribution in [0.25, 0.3) is 5.69 Å². The molecule has 2 heterocycles. The number of nitrogens with zero attached hydrogens (tertiary/aromatic N) is 4. The lowest BCUT2D eigenvalue weighted by atomic mass is 9.98. The monoisotopic (exact) mass is 331 g/mol. The Hall–Kier alpha value is -2.77. The fourth-order valence-corrected chi connectivity index (χ4v) is 3.02. The second-order valence-corrected chi connectivity index (χ2v) is 6.18. The topological polar surface area (TPSA) is 94.1 Å². The quantitative estimate of drug-likeness (QED) is 0.904. The van der Waals surface area contributed by atoms with Crippen LogP contribution in [0.1, 0.15) is 23.0 Å². The molecule has 3 rings (SSSR count). The molecule has 1 aromatic carbocycles. The molecule has 1 aromatic heterocycles. The van der Waals surface area contributed by atoms with Crippen LogP contribution in [-0.2, 0) is 4.79 Å². The fourth-order valence-electron chi connectivity index (χ4n) is 3.02. The molecule has 0 aliphatic carbocycles. The maximum Gasteiger partial charge on any atom is 0.276 e. The molecule has 1 fully saturated rings. The minimum absolute atomic E-state index is 0.0147. The van der Waals surface area contributed by atoms with E-state index in [0.29, 0.717) is 17.8 Å². The Labute approximate surface area is 138 Å². The number of benzene rings is 1. The molecule has 2 N–H and O–H groups in total. The lowest BCUT2D eigenvalue weighted by Crippen LogP contribution is -2.32. The average Bonchev–Trinajstić information content (AvgIpc) is 3.13. The van der Waals surface area contributed by atoms with Crippen LogP contribution in [0.15, 0.2) is 24.4 Å². The zero-order valence-electron chi connectivity index (χ0n) is 13.4. The van der Waals surface area contributed by atoms with E-state index in [4.69, 9.17) is 5.73 Å². The Kier molecular flexibility index (Phi) is 4.04. The Morgan fingerprint density at radius 3 is 2.71 bits per heavy atom. The summed E-state index contributed by atoms with van der Waals surface area (Å²) in [6.07, 6.45) is 1.50. The third kappa shape index (κ3) is 2.86. The third-order valence-electron chi connectivity index (χ3n) is 4.38. The first-order valence-electron chi connectivity index (χ1n) is 7.64. The summed E-state index contributed by atoms with van der Waals surface area (Å²) in [5.41, 5.74) is 6.86. The maximum atomic E-state index is 13.2. The van der Waals surface area contributed by atoms with E-state index < -0.39 is 5.91 Å². The lowest BCUT2D eigenvalue weighted by Gasteiger charge is -2.13. The number of aromatic nitrogens is 3. The summed E-state index contributed by atoms with van der Waals surface area (Å²) in [5.74, 6) is -1.36. The highest BCUT2D eigenvalue weighted by Crippen LogP contribution is 2.24. The van der Waals surface area contributed by atoms with Gasteiger partial charge < -0.3 is 10.6 Å². The molecule has 7 nitrogen and oxygen atoms in total. The van der Waals surface area contributed by atoms with Gasteiger partial charge in [-0.3, -0.25) is 9.59 Å². The zero-order valence-corrected chi connectivity index (χ0v) is 13.4. The van der Waals surface area contributed by atoms with Crippen molar-refractivity contribution in [2.75, 3.05) is 13.1 Å². The van der Waals surface area contributed by atoms with Crippen LogP contribution in [0, 0.1) is 24.6 Å². The summed E-state index contributed by atoms with van der Waals surface area (Å²) >= 11 is 0. The predicted octanol–water partition coefficient (Wildman–Crippen LogP) is 0.908. The van der Waals surface area contributed by atoms with Crippen LogP contribution in [0.3, 0.4) is 0 Å². The first-order valence-corrected chi connectivity index (χ1v) is 7.64. The molecule has 1 aliphatic rings. The van der Waals surface area contributed by atoms with Gasteiger partial charge >= 0.3 is 0 Å². The summed E-state index contributed by atoms with van der Waals surface area (Å²) < 4.78 is 14.6. The van der Waals surface area contributed by atoms with Crippen molar-refractivity contribution in [3.05, 3.63) is 41.5 Å². The minimum Gasteiger partial charge on any atom is -0.369 e. The number of primary amides is 1. The van der Waals surface area contributed by atoms with Crippen molar-refractivity contribution in [3.8, 4) is 5.69 Å². The number of carbonyl (C=O) groups excluding carboxylic acids is 2. The molecule has 0 radical (unpaired) electrons. The number of rotatable bonds is 3. The summed E-state index contributed by atoms with van der Waals surface area (Å²) in [6, 6.07) is 4.29. The minimum atomic E-state index is -0.400. The van der Waals surface area contributed by atoms with Crippen LogP contribution in [0.2, 0.25) is 0 Å². The molecule has 126 valence electrons. The third-order valence-corrected chi connectivity index (χ3v) is 4.38. The van der Waals surface area contributed by atoms with Crippen molar-refractivity contribution in [1.82, 2.24) is 19.9 Å². The van der Waals surface area contributed by atoms with Crippen molar-refractivity contribution in [1.29, 1.82) is 0 Å². The van der Waals surface area contributed by atoms with E-state index in [9.17, 15) is 14.0 Å². The Morgan fingerprint density at radius 2 is 2.08 bits per heavy atom. The van der Waals surface area contributed by atoms with Gasteiger partial charge in [-0.05, 0) is 36.6 Å². The smallest absolute Gasteiger partial charge is 0.276 e. The van der Waals surface area contributed by atoms with Crippen molar-refractivity contribution >= 4 is 11.8 Å². The fraction of sp³-hybridized carbons (Fsp3) is 0.375. The molecular weight excluding hydrogens is 313 g/mol. The number of nitrogens with two attached hydrogens (primary N) is 1. The zero-order chi connectivity index (χ0) is 17.4. The van der Waals surface area contributed by atoms with Crippen LogP contribution < -0.4 is 5.73 Å². The maximum absolute atomic E-state index is 13.2. The Balaban J connectivity index is 1.81. The summed E-state index contributed by atoms with van der Waals surface area (Å²) in [7, 11) is 0. The molecule has 24 heavy (non-hydrogen) atoms. The van der Waals surface area contributed by atoms with E-state index >= 15 is 0 Å². The van der Waals surface area contributed by atoms with Gasteiger partial charge in [0.05, 0.1) is 17.8 Å². The highest BCUT2D eigenvalue weighted by molar-refractivity contribution is 5.93. The molecule has 0 bridgehead atoms. The summed E-state index contributed by atoms with van der Waals surface area (Å²) in [4.78, 5) is 25.5. The molecule has 0 saturated carbocycles. The van der Waals surface area contributed by atoms with E-state index in [1.165, 1.54) is 23.0 Å². The lowest BCUT2D eigenvalue weighted by molar-refractivity contribution is -0.122. The molecule has 1 aliphatic heterocycles. The van der Waals surface area contributed by atoms with E-state index in [-0.39, 0.29) is 35.8 Å². The highest BCUT2D eigenvalue weighted by atomic mass is 19.1. The molecule has 2 amide bonds. The van der Waals surface area contributed by atoms with Crippen LogP contribution in [-0.4, -0.2) is 44.8 Å². The van der Waals surface area contributed by atoms with Gasteiger partial charge in [-0.2, -0.15) is 0 Å². The van der Waals surface area contributed by atoms with Gasteiger partial charge in [0.2, 0.25) is 5.91 Å². The van der Waals surface area contributed by atoms with Gasteiger partial charge in [0.1, 0.15) is 5.82 Å². The standard InChI is InChI=1S/C16H18FN5O2/c1-9-5-11(17)3-4-14(9)22-8-13(19-20-22)16(24)21-6-10(2)12(7-21)15(18)23/h3-5,8,10,12H,6-7H2,1-2H3,(H2,18,23)/t10-,12-/m1/s1. The molecule has 0 unspecified atom stereocenters. The number of hydrogen-bond acceptors (Lipinski definition) is 4. The molecule has 1 saturated heterocycles. The van der Waals surface area contributed by atoms with E-state index in [1.807, 2.05) is 6.92 Å². The van der Waals surface area contributed by atoms with Gasteiger partial charge in [-0.25, -0.2) is 9.07 Å². The number of hydrogen-bond donors (Lipinski definition) is 1. The number of carbonyl (C=O) groups is 2. The summed E-state index contributed by atoms with van der Waals surface area (Å²) in [5, 5.41) is 7.86. The van der Waals surface area contributed by atoms with Crippen LogP contribution in [0.4, 0.5) is 4.39 Å². The predicted molar refractivity (Wildman–Crippen MR) is 83.8 cm³/mol. The van der Waals surface area contributed by atoms with Crippen LogP contribution in [0.5, 0.6) is 0 Å². The highest BCUT2D eigenvalue weighted by Gasteiger charge is 2.36. The number of amides is 2. The van der Waals surface area contributed by atoms with E-state index in [1.54, 1.807) is 17.9 Å². The van der Waals surface area contributed by atoms with Gasteiger partial charge in [0, 0.05) is 13.1 Å². The summed E-state index contributed by atoms with van der Waals surface area (Å²) in [6.45, 7) is 4.38. The molecule has 0 spiro atoms. The first-order chi connectivity index (χ1) is 11.4. The second-order valence-electron chi connectivity index (χ2n) is 6.18. The normalized spacial score (nSPS) is 20.4. The molecule has 8 heteroatoms. The van der Waals surface area contributed by atoms with Gasteiger partial charge in [-0.15, -0.1) is 5.10 Å². The van der Waals surface area contributed by atoms with Crippen molar-refractivity contribution < 1.29 is 14.0 Å². The average molecular weight is 331 g/mol. The van der Waals surface area contributed by atoms with Gasteiger partial charge in [0.25, 0.3) is 5.91 Å². The van der Waals surface area contributed by atoms with Crippen molar-refractivity contribution in [3.63, 3.8) is 0 Å². The molecule has 2 aromatic rings. The SMILES string of the molecule is Cc1cc(F)ccc1-n1cc(C(=O)N2C[C@@H](C)[C@H](C(N)=O)C2)nn1.